The highest BCUT2D eigenvalue weighted by atomic mass is 127. The fourth-order valence-corrected chi connectivity index (χ4v) is 0.416. The van der Waals surface area contributed by atoms with Gasteiger partial charge in [0, 0.05) is 0 Å². The van der Waals surface area contributed by atoms with Gasteiger partial charge < -0.3 is 10.1 Å². The van der Waals surface area contributed by atoms with Crippen LogP contribution in [0.15, 0.2) is 10.2 Å². The van der Waals surface area contributed by atoms with Gasteiger partial charge in [-0.3, -0.25) is 0 Å². The van der Waals surface area contributed by atoms with E-state index in [0.29, 0.717) is 6.21 Å². The lowest BCUT2D eigenvalue weighted by Crippen LogP contribution is -2.03. The SMILES string of the molecule is N=CC(=O)OCC=CI. The molecule has 0 amide bonds. The van der Waals surface area contributed by atoms with Gasteiger partial charge >= 0.3 is 5.97 Å². The van der Waals surface area contributed by atoms with Crippen molar-refractivity contribution in [2.75, 3.05) is 6.61 Å². The maximum absolute atomic E-state index is 10.2. The average Bonchev–Trinajstić information content (AvgIpc) is 1.89. The fraction of sp³-hybridized carbons (Fsp3) is 0.200. The van der Waals surface area contributed by atoms with E-state index in [1.165, 1.54) is 0 Å². The van der Waals surface area contributed by atoms with Crippen molar-refractivity contribution in [2.45, 2.75) is 0 Å². The second kappa shape index (κ2) is 5.74. The number of esters is 1. The van der Waals surface area contributed by atoms with Crippen molar-refractivity contribution < 1.29 is 9.53 Å². The van der Waals surface area contributed by atoms with E-state index < -0.39 is 5.97 Å². The molecule has 1 N–H and O–H groups in total. The number of halogens is 1. The summed E-state index contributed by atoms with van der Waals surface area (Å²) >= 11 is 2.02. The Morgan fingerprint density at radius 2 is 2.44 bits per heavy atom. The molecule has 0 aliphatic carbocycles. The topological polar surface area (TPSA) is 50.2 Å². The molecule has 0 aliphatic heterocycles. The summed E-state index contributed by atoms with van der Waals surface area (Å²) in [5, 5.41) is 6.42. The molecular formula is C5H6INO2. The Morgan fingerprint density at radius 3 is 2.89 bits per heavy atom. The van der Waals surface area contributed by atoms with Crippen molar-refractivity contribution in [1.29, 1.82) is 5.41 Å². The van der Waals surface area contributed by atoms with Gasteiger partial charge in [0.25, 0.3) is 0 Å². The standard InChI is InChI=1S/C5H6INO2/c6-2-1-3-9-5(8)4-7/h1-2,4,7H,3H2. The predicted octanol–water partition coefficient (Wildman–Crippen LogP) is 1.13. The van der Waals surface area contributed by atoms with Crippen molar-refractivity contribution in [3.05, 3.63) is 10.2 Å². The zero-order chi connectivity index (χ0) is 7.11. The van der Waals surface area contributed by atoms with Crippen LogP contribution in [0.5, 0.6) is 0 Å². The number of nitrogens with one attached hydrogen (secondary N) is 1. The van der Waals surface area contributed by atoms with Gasteiger partial charge in [0.2, 0.25) is 0 Å². The van der Waals surface area contributed by atoms with Gasteiger partial charge in [-0.15, -0.1) is 0 Å². The number of carbonyl (C=O) groups excluding carboxylic acids is 1. The van der Waals surface area contributed by atoms with Crippen LogP contribution in [0.1, 0.15) is 0 Å². The summed E-state index contributed by atoms with van der Waals surface area (Å²) in [7, 11) is 0. The normalized spacial score (nSPS) is 9.44. The molecule has 0 saturated heterocycles. The Kier molecular flexibility index (Phi) is 5.49. The van der Waals surface area contributed by atoms with E-state index in [9.17, 15) is 4.79 Å². The van der Waals surface area contributed by atoms with E-state index in [4.69, 9.17) is 5.41 Å². The highest BCUT2D eigenvalue weighted by Crippen LogP contribution is 1.84. The average molecular weight is 239 g/mol. The van der Waals surface area contributed by atoms with Crippen LogP contribution < -0.4 is 0 Å². The summed E-state index contributed by atoms with van der Waals surface area (Å²) in [6, 6.07) is 0. The summed E-state index contributed by atoms with van der Waals surface area (Å²) in [6.45, 7) is 0.247. The quantitative estimate of drug-likeness (QED) is 0.456. The minimum Gasteiger partial charge on any atom is -0.457 e. The highest BCUT2D eigenvalue weighted by molar-refractivity contribution is 14.1. The third kappa shape index (κ3) is 5.48. The van der Waals surface area contributed by atoms with Crippen molar-refractivity contribution in [3.8, 4) is 0 Å². The van der Waals surface area contributed by atoms with Crippen molar-refractivity contribution in [2.24, 2.45) is 0 Å². The summed E-state index contributed by atoms with van der Waals surface area (Å²) in [5.41, 5.74) is 0. The Labute approximate surface area is 66.7 Å². The van der Waals surface area contributed by atoms with Gasteiger partial charge in [-0.1, -0.05) is 22.6 Å². The lowest BCUT2D eigenvalue weighted by Gasteiger charge is -1.91. The molecule has 0 saturated carbocycles. The predicted molar refractivity (Wildman–Crippen MR) is 42.9 cm³/mol. The van der Waals surface area contributed by atoms with Crippen LogP contribution in [0, 0.1) is 5.41 Å². The van der Waals surface area contributed by atoms with Crippen LogP contribution >= 0.6 is 22.6 Å². The largest absolute Gasteiger partial charge is 0.457 e. The first-order chi connectivity index (χ1) is 4.31. The van der Waals surface area contributed by atoms with E-state index in [1.54, 1.807) is 10.2 Å². The molecule has 0 rings (SSSR count). The Morgan fingerprint density at radius 1 is 1.78 bits per heavy atom. The Balaban J connectivity index is 3.27. The second-order valence-electron chi connectivity index (χ2n) is 1.14. The Bertz CT molecular complexity index is 133. The molecule has 9 heavy (non-hydrogen) atoms. The van der Waals surface area contributed by atoms with Gasteiger partial charge in [0.1, 0.15) is 12.8 Å². The van der Waals surface area contributed by atoms with Crippen LogP contribution in [0.3, 0.4) is 0 Å². The molecule has 0 unspecified atom stereocenters. The van der Waals surface area contributed by atoms with E-state index in [1.807, 2.05) is 22.6 Å². The summed E-state index contributed by atoms with van der Waals surface area (Å²) < 4.78 is 6.20. The smallest absolute Gasteiger partial charge is 0.348 e. The summed E-state index contributed by atoms with van der Waals surface area (Å²) in [4.78, 5) is 10.2. The van der Waals surface area contributed by atoms with E-state index in [-0.39, 0.29) is 6.61 Å². The number of rotatable bonds is 3. The summed E-state index contributed by atoms with van der Waals surface area (Å²) in [5.74, 6) is -0.607. The number of hydrogen-bond donors (Lipinski definition) is 1. The van der Waals surface area contributed by atoms with Gasteiger partial charge in [-0.2, -0.15) is 0 Å². The molecule has 0 spiro atoms. The molecule has 0 aromatic heterocycles. The highest BCUT2D eigenvalue weighted by Gasteiger charge is 1.90. The monoisotopic (exact) mass is 239 g/mol. The number of carbonyl (C=O) groups is 1. The molecule has 4 heteroatoms. The first-order valence-corrected chi connectivity index (χ1v) is 3.48. The van der Waals surface area contributed by atoms with Crippen molar-refractivity contribution in [1.82, 2.24) is 0 Å². The molecular weight excluding hydrogens is 233 g/mol. The third-order valence-corrected chi connectivity index (χ3v) is 1.04. The van der Waals surface area contributed by atoms with Crippen molar-refractivity contribution in [3.63, 3.8) is 0 Å². The first kappa shape index (κ1) is 8.61. The second-order valence-corrected chi connectivity index (χ2v) is 1.86. The molecule has 0 heterocycles. The van der Waals surface area contributed by atoms with Gasteiger partial charge in [-0.05, 0) is 10.2 Å². The molecule has 0 aromatic rings. The summed E-state index contributed by atoms with van der Waals surface area (Å²) in [6.07, 6.45) is 2.32. The van der Waals surface area contributed by atoms with Gasteiger partial charge in [0.15, 0.2) is 0 Å². The third-order valence-electron chi connectivity index (χ3n) is 0.529. The first-order valence-electron chi connectivity index (χ1n) is 2.23. The molecule has 0 aliphatic rings. The molecule has 0 aromatic carbocycles. The molecule has 0 fully saturated rings. The van der Waals surface area contributed by atoms with Gasteiger partial charge in [-0.25, -0.2) is 4.79 Å². The zero-order valence-electron chi connectivity index (χ0n) is 4.63. The Hall–Kier alpha value is -0.390. The van der Waals surface area contributed by atoms with Crippen molar-refractivity contribution >= 4 is 34.8 Å². The molecule has 3 nitrogen and oxygen atoms in total. The van der Waals surface area contributed by atoms with Gasteiger partial charge in [0.05, 0.1) is 0 Å². The van der Waals surface area contributed by atoms with Crippen LogP contribution in [0.2, 0.25) is 0 Å². The number of hydrogen-bond acceptors (Lipinski definition) is 3. The fourth-order valence-electron chi connectivity index (χ4n) is 0.208. The van der Waals surface area contributed by atoms with E-state index >= 15 is 0 Å². The lowest BCUT2D eigenvalue weighted by atomic mass is 10.7. The van der Waals surface area contributed by atoms with Crippen LogP contribution in [-0.2, 0) is 9.53 Å². The molecule has 0 radical (unpaired) electrons. The maximum atomic E-state index is 10.2. The zero-order valence-corrected chi connectivity index (χ0v) is 6.79. The minimum absolute atomic E-state index is 0.247. The van der Waals surface area contributed by atoms with Crippen LogP contribution in [-0.4, -0.2) is 18.8 Å². The van der Waals surface area contributed by atoms with E-state index in [0.717, 1.165) is 0 Å². The number of ether oxygens (including phenoxy) is 1. The maximum Gasteiger partial charge on any atom is 0.348 e. The van der Waals surface area contributed by atoms with Crippen LogP contribution in [0.4, 0.5) is 0 Å². The van der Waals surface area contributed by atoms with E-state index in [2.05, 4.69) is 4.74 Å². The lowest BCUT2D eigenvalue weighted by molar-refractivity contribution is -0.133. The molecule has 0 atom stereocenters. The molecule has 0 bridgehead atoms. The van der Waals surface area contributed by atoms with Crippen LogP contribution in [0.25, 0.3) is 0 Å². The molecule has 50 valence electrons. The minimum atomic E-state index is -0.607.